The Morgan fingerprint density at radius 2 is 1.90 bits per heavy atom. The summed E-state index contributed by atoms with van der Waals surface area (Å²) in [6.07, 6.45) is -1.44. The third-order valence-corrected chi connectivity index (χ3v) is 5.12. The number of ether oxygens (including phenoxy) is 1. The van der Waals surface area contributed by atoms with E-state index in [1.165, 1.54) is 6.33 Å². The van der Waals surface area contributed by atoms with Gasteiger partial charge in [0.25, 0.3) is 0 Å². The van der Waals surface area contributed by atoms with Gasteiger partial charge in [-0.2, -0.15) is 13.2 Å². The molecule has 0 aliphatic carbocycles. The molecule has 0 saturated carbocycles. The minimum Gasteiger partial charge on any atom is -0.378 e. The Bertz CT molecular complexity index is 1050. The van der Waals surface area contributed by atoms with Gasteiger partial charge in [-0.1, -0.05) is 6.07 Å². The summed E-state index contributed by atoms with van der Waals surface area (Å²) in [4.78, 5) is 21.7. The first kappa shape index (κ1) is 21.4. The predicted molar refractivity (Wildman–Crippen MR) is 109 cm³/mol. The maximum atomic E-state index is 13.1. The van der Waals surface area contributed by atoms with E-state index in [0.717, 1.165) is 15.8 Å². The average molecular weight is 435 g/mol. The molecule has 1 aliphatic rings. The van der Waals surface area contributed by atoms with Gasteiger partial charge in [0.1, 0.15) is 12.4 Å². The molecular formula is C20H24F3N7O. The topological polar surface area (TPSA) is 72.2 Å². The maximum Gasteiger partial charge on any atom is 0.406 e. The van der Waals surface area contributed by atoms with Gasteiger partial charge in [-0.05, 0) is 25.6 Å². The van der Waals surface area contributed by atoms with Crippen molar-refractivity contribution in [2.24, 2.45) is 0 Å². The second kappa shape index (κ2) is 8.75. The minimum atomic E-state index is -4.37. The largest absolute Gasteiger partial charge is 0.406 e. The number of aromatic nitrogens is 5. The zero-order chi connectivity index (χ0) is 22.0. The summed E-state index contributed by atoms with van der Waals surface area (Å²) in [7, 11) is 1.92. The second-order valence-electron chi connectivity index (χ2n) is 7.64. The van der Waals surface area contributed by atoms with E-state index in [4.69, 9.17) is 4.74 Å². The summed E-state index contributed by atoms with van der Waals surface area (Å²) < 4.78 is 45.6. The van der Waals surface area contributed by atoms with E-state index in [2.05, 4.69) is 19.9 Å². The van der Waals surface area contributed by atoms with Gasteiger partial charge in [-0.15, -0.1) is 0 Å². The fourth-order valence-corrected chi connectivity index (χ4v) is 3.62. The molecule has 8 nitrogen and oxygen atoms in total. The Kier molecular flexibility index (Phi) is 6.05. The molecule has 1 aliphatic heterocycles. The number of morpholine rings is 1. The standard InChI is InChI=1S/C20H24F3N7O/c1-14-15(4-3-5-24-14)10-28(2)11-16-26-18(29-6-8-31-9-7-29)17-19(27-16)30(13-25-17)12-20(21,22)23/h3-5,13H,6-12H2,1-2H3. The van der Waals surface area contributed by atoms with Crippen molar-refractivity contribution < 1.29 is 17.9 Å². The fourth-order valence-electron chi connectivity index (χ4n) is 3.62. The number of aryl methyl sites for hydroxylation is 1. The molecule has 0 amide bonds. The van der Waals surface area contributed by atoms with Gasteiger partial charge in [-0.3, -0.25) is 9.88 Å². The van der Waals surface area contributed by atoms with Crippen molar-refractivity contribution in [1.29, 1.82) is 0 Å². The number of halogens is 3. The van der Waals surface area contributed by atoms with Crippen LogP contribution in [0, 0.1) is 6.92 Å². The quantitative estimate of drug-likeness (QED) is 0.589. The predicted octanol–water partition coefficient (Wildman–Crippen LogP) is 2.56. The monoisotopic (exact) mass is 435 g/mol. The summed E-state index contributed by atoms with van der Waals surface area (Å²) in [5.74, 6) is 0.997. The normalized spacial score (nSPS) is 15.2. The first-order valence-corrected chi connectivity index (χ1v) is 10.0. The average Bonchev–Trinajstić information content (AvgIpc) is 3.11. The highest BCUT2D eigenvalue weighted by molar-refractivity contribution is 5.83. The lowest BCUT2D eigenvalue weighted by Crippen LogP contribution is -2.37. The van der Waals surface area contributed by atoms with Crippen LogP contribution in [0.2, 0.25) is 0 Å². The number of anilines is 1. The van der Waals surface area contributed by atoms with Crippen molar-refractivity contribution in [3.05, 3.63) is 41.7 Å². The van der Waals surface area contributed by atoms with Crippen LogP contribution in [0.25, 0.3) is 11.2 Å². The van der Waals surface area contributed by atoms with Gasteiger partial charge in [0, 0.05) is 31.5 Å². The number of fused-ring (bicyclic) bond motifs is 1. The van der Waals surface area contributed by atoms with Crippen LogP contribution < -0.4 is 4.90 Å². The van der Waals surface area contributed by atoms with Crippen LogP contribution in [0.5, 0.6) is 0 Å². The first-order chi connectivity index (χ1) is 14.8. The third-order valence-electron chi connectivity index (χ3n) is 5.12. The summed E-state index contributed by atoms with van der Waals surface area (Å²) in [6.45, 7) is 4.05. The SMILES string of the molecule is Cc1ncccc1CN(C)Cc1nc(N2CCOCC2)c2ncn(CC(F)(F)F)c2n1. The number of hydrogen-bond acceptors (Lipinski definition) is 7. The molecule has 3 aromatic heterocycles. The number of alkyl halides is 3. The molecule has 4 heterocycles. The third kappa shape index (κ3) is 5.10. The Labute approximate surface area is 177 Å². The molecule has 31 heavy (non-hydrogen) atoms. The zero-order valence-electron chi connectivity index (χ0n) is 17.4. The Morgan fingerprint density at radius 1 is 1.13 bits per heavy atom. The lowest BCUT2D eigenvalue weighted by molar-refractivity contribution is -0.140. The van der Waals surface area contributed by atoms with E-state index in [-0.39, 0.29) is 5.65 Å². The van der Waals surface area contributed by atoms with Crippen molar-refractivity contribution in [3.63, 3.8) is 0 Å². The van der Waals surface area contributed by atoms with E-state index in [1.54, 1.807) is 6.20 Å². The van der Waals surface area contributed by atoms with Crippen LogP contribution in [0.4, 0.5) is 19.0 Å². The highest BCUT2D eigenvalue weighted by Crippen LogP contribution is 2.26. The van der Waals surface area contributed by atoms with Crippen LogP contribution in [0.15, 0.2) is 24.7 Å². The summed E-state index contributed by atoms with van der Waals surface area (Å²) >= 11 is 0. The molecule has 1 fully saturated rings. The highest BCUT2D eigenvalue weighted by Gasteiger charge is 2.30. The molecule has 0 bridgehead atoms. The Morgan fingerprint density at radius 3 is 2.61 bits per heavy atom. The Hall–Kier alpha value is -2.79. The molecule has 0 radical (unpaired) electrons. The molecule has 0 N–H and O–H groups in total. The molecule has 4 rings (SSSR count). The van der Waals surface area contributed by atoms with Gasteiger partial charge in [0.15, 0.2) is 17.0 Å². The number of imidazole rings is 1. The van der Waals surface area contributed by atoms with Gasteiger partial charge < -0.3 is 14.2 Å². The van der Waals surface area contributed by atoms with Gasteiger partial charge >= 0.3 is 6.18 Å². The maximum absolute atomic E-state index is 13.1. The van der Waals surface area contributed by atoms with Crippen LogP contribution in [0.3, 0.4) is 0 Å². The molecule has 1 saturated heterocycles. The van der Waals surface area contributed by atoms with E-state index in [9.17, 15) is 13.2 Å². The van der Waals surface area contributed by atoms with E-state index >= 15 is 0 Å². The highest BCUT2D eigenvalue weighted by atomic mass is 19.4. The van der Waals surface area contributed by atoms with Crippen molar-refractivity contribution >= 4 is 17.0 Å². The fraction of sp³-hybridized carbons (Fsp3) is 0.500. The number of nitrogens with zero attached hydrogens (tertiary/aromatic N) is 7. The van der Waals surface area contributed by atoms with Crippen molar-refractivity contribution in [3.8, 4) is 0 Å². The molecule has 166 valence electrons. The lowest BCUT2D eigenvalue weighted by Gasteiger charge is -2.28. The second-order valence-corrected chi connectivity index (χ2v) is 7.64. The van der Waals surface area contributed by atoms with Gasteiger partial charge in [-0.25, -0.2) is 15.0 Å². The van der Waals surface area contributed by atoms with Crippen molar-refractivity contribution in [2.45, 2.75) is 32.7 Å². The van der Waals surface area contributed by atoms with Crippen LogP contribution in [-0.2, 0) is 24.4 Å². The zero-order valence-corrected chi connectivity index (χ0v) is 17.4. The molecular weight excluding hydrogens is 411 g/mol. The summed E-state index contributed by atoms with van der Waals surface area (Å²) in [5.41, 5.74) is 2.57. The van der Waals surface area contributed by atoms with Crippen molar-refractivity contribution in [1.82, 2.24) is 29.4 Å². The first-order valence-electron chi connectivity index (χ1n) is 10.0. The van der Waals surface area contributed by atoms with Crippen LogP contribution >= 0.6 is 0 Å². The van der Waals surface area contributed by atoms with Crippen molar-refractivity contribution in [2.75, 3.05) is 38.3 Å². The molecule has 0 aromatic carbocycles. The molecule has 0 unspecified atom stereocenters. The van der Waals surface area contributed by atoms with Gasteiger partial charge in [0.05, 0.1) is 26.1 Å². The summed E-state index contributed by atoms with van der Waals surface area (Å²) in [5, 5.41) is 0. The van der Waals surface area contributed by atoms with Gasteiger partial charge in [0.2, 0.25) is 0 Å². The molecule has 0 atom stereocenters. The minimum absolute atomic E-state index is 0.190. The van der Waals surface area contributed by atoms with Crippen LogP contribution in [-0.4, -0.2) is 68.9 Å². The number of hydrogen-bond donors (Lipinski definition) is 0. The smallest absolute Gasteiger partial charge is 0.378 e. The molecule has 0 spiro atoms. The van der Waals surface area contributed by atoms with E-state index in [0.29, 0.717) is 56.6 Å². The molecule has 11 heteroatoms. The summed E-state index contributed by atoms with van der Waals surface area (Å²) in [6, 6.07) is 3.88. The van der Waals surface area contributed by atoms with E-state index in [1.807, 2.05) is 35.9 Å². The lowest BCUT2D eigenvalue weighted by atomic mass is 10.2. The van der Waals surface area contributed by atoms with E-state index < -0.39 is 12.7 Å². The molecule has 3 aromatic rings. The Balaban J connectivity index is 1.66. The number of pyridine rings is 1. The van der Waals surface area contributed by atoms with Crippen LogP contribution in [0.1, 0.15) is 17.1 Å². The number of rotatable bonds is 6.